The quantitative estimate of drug-likeness (QED) is 0.846. The maximum atomic E-state index is 5.70. The third-order valence-corrected chi connectivity index (χ3v) is 3.17. The number of rotatable bonds is 4. The molecule has 2 aromatic rings. The SMILES string of the molecule is Cc1cc(C)cc(CN(C)Cc2ccc(N)cc2)c1. The zero-order valence-corrected chi connectivity index (χ0v) is 12.0. The third-order valence-electron chi connectivity index (χ3n) is 3.17. The Bertz CT molecular complexity index is 523. The van der Waals surface area contributed by atoms with Gasteiger partial charge in [-0.3, -0.25) is 4.90 Å². The molecule has 19 heavy (non-hydrogen) atoms. The van der Waals surface area contributed by atoms with E-state index in [9.17, 15) is 0 Å². The van der Waals surface area contributed by atoms with Gasteiger partial charge in [0.2, 0.25) is 0 Å². The second-order valence-corrected chi connectivity index (χ2v) is 5.41. The van der Waals surface area contributed by atoms with Gasteiger partial charge in [-0.1, -0.05) is 41.5 Å². The normalized spacial score (nSPS) is 10.9. The minimum absolute atomic E-state index is 0.820. The first-order valence-electron chi connectivity index (χ1n) is 6.63. The lowest BCUT2D eigenvalue weighted by molar-refractivity contribution is 0.319. The number of anilines is 1. The van der Waals surface area contributed by atoms with Crippen LogP contribution in [-0.2, 0) is 13.1 Å². The molecule has 0 amide bonds. The molecular formula is C17H22N2. The van der Waals surface area contributed by atoms with Gasteiger partial charge in [0.1, 0.15) is 0 Å². The molecule has 0 aliphatic heterocycles. The highest BCUT2D eigenvalue weighted by molar-refractivity contribution is 5.39. The molecule has 0 bridgehead atoms. The topological polar surface area (TPSA) is 29.3 Å². The molecule has 2 rings (SSSR count). The maximum Gasteiger partial charge on any atom is 0.0314 e. The summed E-state index contributed by atoms with van der Waals surface area (Å²) >= 11 is 0. The first kappa shape index (κ1) is 13.6. The molecule has 0 saturated carbocycles. The van der Waals surface area contributed by atoms with E-state index >= 15 is 0 Å². The average Bonchev–Trinajstić information content (AvgIpc) is 2.30. The number of hydrogen-bond acceptors (Lipinski definition) is 2. The molecule has 2 aromatic carbocycles. The lowest BCUT2D eigenvalue weighted by Crippen LogP contribution is -2.17. The molecule has 0 unspecified atom stereocenters. The Morgan fingerprint density at radius 3 is 1.95 bits per heavy atom. The summed E-state index contributed by atoms with van der Waals surface area (Å²) in [5.41, 5.74) is 11.8. The Hall–Kier alpha value is -1.80. The summed E-state index contributed by atoms with van der Waals surface area (Å²) in [7, 11) is 2.15. The minimum atomic E-state index is 0.820. The second-order valence-electron chi connectivity index (χ2n) is 5.41. The Morgan fingerprint density at radius 2 is 1.37 bits per heavy atom. The maximum absolute atomic E-state index is 5.70. The van der Waals surface area contributed by atoms with Crippen LogP contribution in [0.25, 0.3) is 0 Å². The molecule has 2 N–H and O–H groups in total. The molecule has 0 aromatic heterocycles. The van der Waals surface area contributed by atoms with Crippen LogP contribution in [0.3, 0.4) is 0 Å². The zero-order chi connectivity index (χ0) is 13.8. The molecular weight excluding hydrogens is 232 g/mol. The number of nitrogens with zero attached hydrogens (tertiary/aromatic N) is 1. The summed E-state index contributed by atoms with van der Waals surface area (Å²) in [4.78, 5) is 2.32. The van der Waals surface area contributed by atoms with Crippen molar-refractivity contribution in [3.63, 3.8) is 0 Å². The lowest BCUT2D eigenvalue weighted by atomic mass is 10.1. The van der Waals surface area contributed by atoms with Crippen molar-refractivity contribution in [2.24, 2.45) is 0 Å². The number of benzene rings is 2. The fourth-order valence-electron chi connectivity index (χ4n) is 2.46. The van der Waals surface area contributed by atoms with E-state index in [0.29, 0.717) is 0 Å². The van der Waals surface area contributed by atoms with Crippen LogP contribution in [-0.4, -0.2) is 11.9 Å². The van der Waals surface area contributed by atoms with E-state index in [1.165, 1.54) is 22.3 Å². The van der Waals surface area contributed by atoms with E-state index in [2.05, 4.69) is 56.1 Å². The number of aryl methyl sites for hydroxylation is 2. The van der Waals surface area contributed by atoms with E-state index in [1.807, 2.05) is 12.1 Å². The Labute approximate surface area is 115 Å². The molecule has 2 heteroatoms. The fourth-order valence-corrected chi connectivity index (χ4v) is 2.46. The molecule has 0 saturated heterocycles. The Morgan fingerprint density at radius 1 is 0.842 bits per heavy atom. The van der Waals surface area contributed by atoms with Crippen molar-refractivity contribution in [3.8, 4) is 0 Å². The van der Waals surface area contributed by atoms with Crippen molar-refractivity contribution in [2.45, 2.75) is 26.9 Å². The van der Waals surface area contributed by atoms with Gasteiger partial charge in [-0.2, -0.15) is 0 Å². The summed E-state index contributed by atoms with van der Waals surface area (Å²) in [6.45, 7) is 6.20. The van der Waals surface area contributed by atoms with E-state index in [-0.39, 0.29) is 0 Å². The highest BCUT2D eigenvalue weighted by Gasteiger charge is 2.03. The van der Waals surface area contributed by atoms with Crippen LogP contribution in [0.2, 0.25) is 0 Å². The lowest BCUT2D eigenvalue weighted by Gasteiger charge is -2.17. The van der Waals surface area contributed by atoms with E-state index < -0.39 is 0 Å². The van der Waals surface area contributed by atoms with Crippen LogP contribution >= 0.6 is 0 Å². The van der Waals surface area contributed by atoms with E-state index in [0.717, 1.165) is 18.8 Å². The second kappa shape index (κ2) is 5.89. The van der Waals surface area contributed by atoms with Gasteiger partial charge in [-0.05, 0) is 44.2 Å². The summed E-state index contributed by atoms with van der Waals surface area (Å²) in [6, 6.07) is 14.8. The highest BCUT2D eigenvalue weighted by Crippen LogP contribution is 2.13. The minimum Gasteiger partial charge on any atom is -0.399 e. The van der Waals surface area contributed by atoms with E-state index in [4.69, 9.17) is 5.73 Å². The van der Waals surface area contributed by atoms with Gasteiger partial charge in [0.05, 0.1) is 0 Å². The molecule has 0 radical (unpaired) electrons. The largest absolute Gasteiger partial charge is 0.399 e. The summed E-state index contributed by atoms with van der Waals surface area (Å²) < 4.78 is 0. The first-order valence-corrected chi connectivity index (χ1v) is 6.63. The van der Waals surface area contributed by atoms with Gasteiger partial charge in [0.15, 0.2) is 0 Å². The molecule has 2 nitrogen and oxygen atoms in total. The van der Waals surface area contributed by atoms with Gasteiger partial charge in [-0.25, -0.2) is 0 Å². The van der Waals surface area contributed by atoms with Crippen molar-refractivity contribution in [3.05, 3.63) is 64.7 Å². The fraction of sp³-hybridized carbons (Fsp3) is 0.294. The van der Waals surface area contributed by atoms with Crippen molar-refractivity contribution in [2.75, 3.05) is 12.8 Å². The van der Waals surface area contributed by atoms with Gasteiger partial charge in [0.25, 0.3) is 0 Å². The van der Waals surface area contributed by atoms with E-state index in [1.54, 1.807) is 0 Å². The molecule has 100 valence electrons. The van der Waals surface area contributed by atoms with Gasteiger partial charge >= 0.3 is 0 Å². The molecule has 0 spiro atoms. The molecule has 0 aliphatic carbocycles. The van der Waals surface area contributed by atoms with Crippen molar-refractivity contribution in [1.29, 1.82) is 0 Å². The number of nitrogen functional groups attached to an aromatic ring is 1. The van der Waals surface area contributed by atoms with Crippen molar-refractivity contribution >= 4 is 5.69 Å². The summed E-state index contributed by atoms with van der Waals surface area (Å²) in [5, 5.41) is 0. The number of hydrogen-bond donors (Lipinski definition) is 1. The van der Waals surface area contributed by atoms with Crippen molar-refractivity contribution < 1.29 is 0 Å². The zero-order valence-electron chi connectivity index (χ0n) is 12.0. The Kier molecular flexibility index (Phi) is 4.23. The smallest absolute Gasteiger partial charge is 0.0314 e. The monoisotopic (exact) mass is 254 g/mol. The predicted octanol–water partition coefficient (Wildman–Crippen LogP) is 3.52. The van der Waals surface area contributed by atoms with Crippen LogP contribution < -0.4 is 5.73 Å². The van der Waals surface area contributed by atoms with Gasteiger partial charge in [-0.15, -0.1) is 0 Å². The van der Waals surface area contributed by atoms with Crippen LogP contribution in [0.15, 0.2) is 42.5 Å². The van der Waals surface area contributed by atoms with Crippen LogP contribution in [0, 0.1) is 13.8 Å². The van der Waals surface area contributed by atoms with Crippen LogP contribution in [0.4, 0.5) is 5.69 Å². The standard InChI is InChI=1S/C17H22N2/c1-13-8-14(2)10-16(9-13)12-19(3)11-15-4-6-17(18)7-5-15/h4-10H,11-12,18H2,1-3H3. The van der Waals surface area contributed by atoms with Gasteiger partial charge in [0, 0.05) is 18.8 Å². The third kappa shape index (κ3) is 4.11. The predicted molar refractivity (Wildman–Crippen MR) is 81.9 cm³/mol. The Balaban J connectivity index is 2.00. The molecule has 0 fully saturated rings. The van der Waals surface area contributed by atoms with Crippen LogP contribution in [0.1, 0.15) is 22.3 Å². The molecule has 0 aliphatic rings. The first-order chi connectivity index (χ1) is 9.02. The van der Waals surface area contributed by atoms with Crippen molar-refractivity contribution in [1.82, 2.24) is 4.90 Å². The number of nitrogens with two attached hydrogens (primary N) is 1. The van der Waals surface area contributed by atoms with Gasteiger partial charge < -0.3 is 5.73 Å². The molecule has 0 heterocycles. The highest BCUT2D eigenvalue weighted by atomic mass is 15.1. The average molecular weight is 254 g/mol. The summed E-state index contributed by atoms with van der Waals surface area (Å²) in [5.74, 6) is 0. The molecule has 0 atom stereocenters. The summed E-state index contributed by atoms with van der Waals surface area (Å²) in [6.07, 6.45) is 0. The van der Waals surface area contributed by atoms with Crippen LogP contribution in [0.5, 0.6) is 0 Å².